The fourth-order valence-corrected chi connectivity index (χ4v) is 3.29. The fraction of sp³-hybridized carbons (Fsp3) is 0. The molecule has 0 saturated heterocycles. The Balaban J connectivity index is 1.60. The van der Waals surface area contributed by atoms with Crippen LogP contribution in [0.1, 0.15) is 0 Å². The topological polar surface area (TPSA) is 24.1 Å². The maximum atomic E-state index is 5.57. The predicted molar refractivity (Wildman–Crippen MR) is 116 cm³/mol. The van der Waals surface area contributed by atoms with Gasteiger partial charge in [-0.15, -0.1) is 0 Å². The molecule has 0 saturated carbocycles. The molecule has 3 heteroatoms. The molecule has 0 radical (unpaired) electrons. The third-order valence-corrected chi connectivity index (χ3v) is 4.50. The van der Waals surface area contributed by atoms with E-state index < -0.39 is 0 Å². The molecule has 0 heterocycles. The van der Waals surface area contributed by atoms with E-state index >= 15 is 0 Å². The van der Waals surface area contributed by atoms with Gasteiger partial charge in [0.25, 0.3) is 0 Å². The van der Waals surface area contributed by atoms with Gasteiger partial charge >= 0.3 is 0 Å². The van der Waals surface area contributed by atoms with Crippen LogP contribution in [-0.4, -0.2) is 5.11 Å². The summed E-state index contributed by atoms with van der Waals surface area (Å²) in [6.45, 7) is 0. The number of para-hydroxylation sites is 1. The summed E-state index contributed by atoms with van der Waals surface area (Å²) >= 11 is 5.57. The van der Waals surface area contributed by atoms with Gasteiger partial charge in [-0.2, -0.15) is 0 Å². The van der Waals surface area contributed by atoms with Crippen molar-refractivity contribution in [2.45, 2.75) is 0 Å². The highest BCUT2D eigenvalue weighted by Crippen LogP contribution is 2.28. The summed E-state index contributed by atoms with van der Waals surface area (Å²) in [5.74, 6) is 0. The number of benzene rings is 4. The minimum atomic E-state index is 0.574. The molecule has 0 unspecified atom stereocenters. The van der Waals surface area contributed by atoms with E-state index in [0.29, 0.717) is 5.11 Å². The molecule has 4 aromatic rings. The van der Waals surface area contributed by atoms with Gasteiger partial charge in [-0.25, -0.2) is 0 Å². The van der Waals surface area contributed by atoms with Crippen LogP contribution in [0.2, 0.25) is 0 Å². The first-order valence-corrected chi connectivity index (χ1v) is 8.92. The van der Waals surface area contributed by atoms with E-state index in [0.717, 1.165) is 27.9 Å². The molecule has 0 aliphatic carbocycles. The van der Waals surface area contributed by atoms with Gasteiger partial charge in [0.15, 0.2) is 5.11 Å². The zero-order chi connectivity index (χ0) is 17.8. The van der Waals surface area contributed by atoms with Crippen LogP contribution in [0, 0.1) is 0 Å². The Morgan fingerprint density at radius 1 is 0.577 bits per heavy atom. The van der Waals surface area contributed by atoms with Gasteiger partial charge < -0.3 is 10.6 Å². The molecule has 2 N–H and O–H groups in total. The monoisotopic (exact) mass is 354 g/mol. The number of hydrogen-bond acceptors (Lipinski definition) is 1. The highest BCUT2D eigenvalue weighted by molar-refractivity contribution is 7.80. The molecule has 0 bridgehead atoms. The first-order valence-electron chi connectivity index (χ1n) is 8.51. The van der Waals surface area contributed by atoms with Crippen LogP contribution in [0.5, 0.6) is 0 Å². The van der Waals surface area contributed by atoms with Gasteiger partial charge in [0.05, 0.1) is 0 Å². The molecule has 2 nitrogen and oxygen atoms in total. The number of nitrogens with one attached hydrogen (secondary N) is 2. The van der Waals surface area contributed by atoms with Gasteiger partial charge in [-0.3, -0.25) is 0 Å². The molecule has 0 atom stereocenters. The molecule has 0 fully saturated rings. The van der Waals surface area contributed by atoms with Crippen molar-refractivity contribution in [3.8, 4) is 11.1 Å². The first-order chi connectivity index (χ1) is 12.8. The largest absolute Gasteiger partial charge is 0.332 e. The van der Waals surface area contributed by atoms with Crippen molar-refractivity contribution in [1.82, 2.24) is 0 Å². The van der Waals surface area contributed by atoms with E-state index in [1.807, 2.05) is 60.7 Å². The lowest BCUT2D eigenvalue weighted by Crippen LogP contribution is -2.19. The van der Waals surface area contributed by atoms with Crippen LogP contribution < -0.4 is 10.6 Å². The van der Waals surface area contributed by atoms with Crippen LogP contribution in [0.4, 0.5) is 11.4 Å². The highest BCUT2D eigenvalue weighted by atomic mass is 32.1. The third-order valence-electron chi connectivity index (χ3n) is 4.30. The van der Waals surface area contributed by atoms with Gasteiger partial charge in [0, 0.05) is 22.3 Å². The van der Waals surface area contributed by atoms with E-state index in [-0.39, 0.29) is 0 Å². The maximum Gasteiger partial charge on any atom is 0.175 e. The van der Waals surface area contributed by atoms with Crippen LogP contribution in [0.25, 0.3) is 21.9 Å². The molecular formula is C23H18N2S. The van der Waals surface area contributed by atoms with E-state index in [9.17, 15) is 0 Å². The zero-order valence-corrected chi connectivity index (χ0v) is 15.0. The summed E-state index contributed by atoms with van der Waals surface area (Å²) in [6, 6.07) is 32.9. The zero-order valence-electron chi connectivity index (χ0n) is 14.1. The number of hydrogen-bond donors (Lipinski definition) is 2. The quantitative estimate of drug-likeness (QED) is 0.421. The minimum absolute atomic E-state index is 0.574. The van der Waals surface area contributed by atoms with Gasteiger partial charge in [0.1, 0.15) is 0 Å². The Kier molecular flexibility index (Phi) is 4.63. The average Bonchev–Trinajstić information content (AvgIpc) is 2.69. The normalized spacial score (nSPS) is 10.5. The second-order valence-electron chi connectivity index (χ2n) is 6.02. The smallest absolute Gasteiger partial charge is 0.175 e. The number of anilines is 2. The summed E-state index contributed by atoms with van der Waals surface area (Å²) in [7, 11) is 0. The van der Waals surface area contributed by atoms with Crippen molar-refractivity contribution in [2.24, 2.45) is 0 Å². The molecule has 26 heavy (non-hydrogen) atoms. The van der Waals surface area contributed by atoms with E-state index in [1.54, 1.807) is 0 Å². The maximum absolute atomic E-state index is 5.57. The van der Waals surface area contributed by atoms with Crippen molar-refractivity contribution in [1.29, 1.82) is 0 Å². The molecule has 0 aliphatic heterocycles. The SMILES string of the molecule is S=C(Nc1ccccc1-c1ccccc1)Nc1cccc2ccccc12. The number of thiocarbonyl (C=S) groups is 1. The standard InChI is InChI=1S/C23H18N2S/c26-23(25-22-16-8-12-18-11-4-5-13-20(18)22)24-21-15-7-6-14-19(21)17-9-2-1-3-10-17/h1-16H,(H2,24,25,26). The summed E-state index contributed by atoms with van der Waals surface area (Å²) in [5, 5.41) is 9.58. The third kappa shape index (κ3) is 3.44. The van der Waals surface area contributed by atoms with Crippen molar-refractivity contribution < 1.29 is 0 Å². The van der Waals surface area contributed by atoms with Gasteiger partial charge in [0.2, 0.25) is 0 Å². The van der Waals surface area contributed by atoms with Gasteiger partial charge in [-0.1, -0.05) is 84.9 Å². The molecule has 0 aliphatic rings. The predicted octanol–water partition coefficient (Wildman–Crippen LogP) is 6.32. The molecular weight excluding hydrogens is 336 g/mol. The molecule has 126 valence electrons. The Morgan fingerprint density at radius 3 is 2.08 bits per heavy atom. The Labute approximate surface area is 158 Å². The lowest BCUT2D eigenvalue weighted by molar-refractivity contribution is 1.58. The lowest BCUT2D eigenvalue weighted by atomic mass is 10.0. The molecule has 0 spiro atoms. The van der Waals surface area contributed by atoms with E-state index in [1.165, 1.54) is 5.39 Å². The van der Waals surface area contributed by atoms with Gasteiger partial charge in [-0.05, 0) is 35.3 Å². The summed E-state index contributed by atoms with van der Waals surface area (Å²) < 4.78 is 0. The van der Waals surface area contributed by atoms with Crippen molar-refractivity contribution in [2.75, 3.05) is 10.6 Å². The van der Waals surface area contributed by atoms with E-state index in [2.05, 4.69) is 47.0 Å². The molecule has 4 rings (SSSR count). The molecule has 0 aromatic heterocycles. The van der Waals surface area contributed by atoms with Crippen LogP contribution in [0.3, 0.4) is 0 Å². The lowest BCUT2D eigenvalue weighted by Gasteiger charge is -2.15. The van der Waals surface area contributed by atoms with Crippen LogP contribution in [-0.2, 0) is 0 Å². The Morgan fingerprint density at radius 2 is 1.19 bits per heavy atom. The average molecular weight is 354 g/mol. The molecule has 0 amide bonds. The fourth-order valence-electron chi connectivity index (χ4n) is 3.07. The van der Waals surface area contributed by atoms with Crippen LogP contribution >= 0.6 is 12.2 Å². The van der Waals surface area contributed by atoms with Crippen molar-refractivity contribution in [3.63, 3.8) is 0 Å². The number of fused-ring (bicyclic) bond motifs is 1. The summed E-state index contributed by atoms with van der Waals surface area (Å²) in [5.41, 5.74) is 4.26. The highest BCUT2D eigenvalue weighted by Gasteiger charge is 2.07. The van der Waals surface area contributed by atoms with Crippen LogP contribution in [0.15, 0.2) is 97.1 Å². The van der Waals surface area contributed by atoms with E-state index in [4.69, 9.17) is 12.2 Å². The molecule has 4 aromatic carbocycles. The summed E-state index contributed by atoms with van der Waals surface area (Å²) in [6.07, 6.45) is 0. The van der Waals surface area contributed by atoms with Crippen molar-refractivity contribution >= 4 is 39.5 Å². The van der Waals surface area contributed by atoms with Crippen molar-refractivity contribution in [3.05, 3.63) is 97.1 Å². The Hall–Kier alpha value is -3.17. The minimum Gasteiger partial charge on any atom is -0.332 e. The Bertz CT molecular complexity index is 1050. The summed E-state index contributed by atoms with van der Waals surface area (Å²) in [4.78, 5) is 0. The first kappa shape index (κ1) is 16.3. The second kappa shape index (κ2) is 7.38. The number of rotatable bonds is 3. The second-order valence-corrected chi connectivity index (χ2v) is 6.43.